The van der Waals surface area contributed by atoms with Gasteiger partial charge in [-0.1, -0.05) is 68.4 Å². The van der Waals surface area contributed by atoms with Crippen LogP contribution in [0.4, 0.5) is 0 Å². The summed E-state index contributed by atoms with van der Waals surface area (Å²) in [5.41, 5.74) is 0.0631. The van der Waals surface area contributed by atoms with Gasteiger partial charge >= 0.3 is 8.80 Å². The van der Waals surface area contributed by atoms with Crippen molar-refractivity contribution in [1.82, 2.24) is 0 Å². The number of benzene rings is 3. The molecule has 0 saturated heterocycles. The van der Waals surface area contributed by atoms with E-state index in [1.54, 1.807) is 0 Å². The van der Waals surface area contributed by atoms with Crippen LogP contribution in [0.1, 0.15) is 13.8 Å². The minimum atomic E-state index is -3.10. The lowest BCUT2D eigenvalue weighted by molar-refractivity contribution is 0.248. The molecule has 4 heteroatoms. The SMILES string of the molecule is CC(C)[Si](Oc1ccccc1)(Oc1ccccc1)Oc1ccccc1. The molecule has 0 aliphatic carbocycles. The molecule has 3 aromatic carbocycles. The first-order chi connectivity index (χ1) is 12.2. The van der Waals surface area contributed by atoms with Crippen molar-refractivity contribution in [3.63, 3.8) is 0 Å². The van der Waals surface area contributed by atoms with Gasteiger partial charge < -0.3 is 13.3 Å². The maximum Gasteiger partial charge on any atom is 0.702 e. The van der Waals surface area contributed by atoms with Gasteiger partial charge in [0.15, 0.2) is 0 Å². The first-order valence-electron chi connectivity index (χ1n) is 8.40. The molecule has 0 amide bonds. The average Bonchev–Trinajstić information content (AvgIpc) is 2.64. The number of hydrogen-bond acceptors (Lipinski definition) is 3. The minimum Gasteiger partial charge on any atom is -0.483 e. The number of rotatable bonds is 7. The zero-order chi connectivity index (χ0) is 17.5. The average molecular weight is 350 g/mol. The standard InChI is InChI=1S/C21H22O3Si/c1-18(2)25(22-19-12-6-3-7-13-19,23-20-14-8-4-9-15-20)24-21-16-10-5-11-17-21/h3-18H,1-2H3. The summed E-state index contributed by atoms with van der Waals surface area (Å²) in [5.74, 6) is 2.24. The smallest absolute Gasteiger partial charge is 0.483 e. The summed E-state index contributed by atoms with van der Waals surface area (Å²) in [6.07, 6.45) is 0. The summed E-state index contributed by atoms with van der Waals surface area (Å²) >= 11 is 0. The topological polar surface area (TPSA) is 27.7 Å². The molecule has 0 spiro atoms. The number of hydrogen-bond donors (Lipinski definition) is 0. The molecule has 0 saturated carbocycles. The van der Waals surface area contributed by atoms with E-state index in [1.165, 1.54) is 0 Å². The van der Waals surface area contributed by atoms with E-state index in [9.17, 15) is 0 Å². The molecule has 0 heterocycles. The van der Waals surface area contributed by atoms with E-state index in [0.717, 1.165) is 17.2 Å². The van der Waals surface area contributed by atoms with Crippen molar-refractivity contribution >= 4 is 8.80 Å². The Labute approximate surface area is 150 Å². The largest absolute Gasteiger partial charge is 0.702 e. The Morgan fingerprint density at radius 2 is 0.800 bits per heavy atom. The quantitative estimate of drug-likeness (QED) is 0.521. The highest BCUT2D eigenvalue weighted by molar-refractivity contribution is 6.64. The molecule has 3 aromatic rings. The molecule has 3 nitrogen and oxygen atoms in total. The van der Waals surface area contributed by atoms with Gasteiger partial charge in [0.1, 0.15) is 17.2 Å². The monoisotopic (exact) mass is 350 g/mol. The van der Waals surface area contributed by atoms with E-state index < -0.39 is 8.80 Å². The molecule has 0 fully saturated rings. The lowest BCUT2D eigenvalue weighted by Crippen LogP contribution is -2.57. The molecule has 25 heavy (non-hydrogen) atoms. The van der Waals surface area contributed by atoms with Gasteiger partial charge in [-0.25, -0.2) is 0 Å². The van der Waals surface area contributed by atoms with Gasteiger partial charge in [0, 0.05) is 0 Å². The van der Waals surface area contributed by atoms with Gasteiger partial charge in [0.05, 0.1) is 5.54 Å². The van der Waals surface area contributed by atoms with Gasteiger partial charge in [0.25, 0.3) is 0 Å². The van der Waals surface area contributed by atoms with E-state index in [1.807, 2.05) is 91.0 Å². The lowest BCUT2D eigenvalue weighted by atomic mass is 10.3. The first kappa shape index (κ1) is 17.1. The van der Waals surface area contributed by atoms with Crippen LogP contribution in [0.25, 0.3) is 0 Å². The van der Waals surface area contributed by atoms with Crippen molar-refractivity contribution in [2.75, 3.05) is 0 Å². The minimum absolute atomic E-state index is 0.0631. The molecule has 3 rings (SSSR count). The van der Waals surface area contributed by atoms with Gasteiger partial charge in [-0.2, -0.15) is 0 Å². The van der Waals surface area contributed by atoms with Crippen molar-refractivity contribution in [1.29, 1.82) is 0 Å². The van der Waals surface area contributed by atoms with Gasteiger partial charge in [-0.3, -0.25) is 0 Å². The van der Waals surface area contributed by atoms with Crippen molar-refractivity contribution in [3.8, 4) is 17.2 Å². The molecule has 0 bridgehead atoms. The Kier molecular flexibility index (Phi) is 5.41. The molecule has 0 N–H and O–H groups in total. The first-order valence-corrected chi connectivity index (χ1v) is 10.2. The Morgan fingerprint density at radius 3 is 1.04 bits per heavy atom. The number of para-hydroxylation sites is 3. The molecule has 128 valence electrons. The maximum absolute atomic E-state index is 6.37. The normalized spacial score (nSPS) is 11.2. The predicted octanol–water partition coefficient (Wildman–Crippen LogP) is 5.57. The van der Waals surface area contributed by atoms with Crippen LogP contribution in [-0.2, 0) is 0 Å². The van der Waals surface area contributed by atoms with E-state index in [4.69, 9.17) is 13.3 Å². The second kappa shape index (κ2) is 7.90. The van der Waals surface area contributed by atoms with Gasteiger partial charge in [0.2, 0.25) is 0 Å². The van der Waals surface area contributed by atoms with Crippen molar-refractivity contribution in [3.05, 3.63) is 91.0 Å². The molecular weight excluding hydrogens is 328 g/mol. The van der Waals surface area contributed by atoms with Gasteiger partial charge in [-0.05, 0) is 36.4 Å². The van der Waals surface area contributed by atoms with E-state index >= 15 is 0 Å². The zero-order valence-electron chi connectivity index (χ0n) is 14.5. The highest BCUT2D eigenvalue weighted by Crippen LogP contribution is 2.31. The summed E-state index contributed by atoms with van der Waals surface area (Å²) in [4.78, 5) is 0. The van der Waals surface area contributed by atoms with E-state index in [0.29, 0.717) is 0 Å². The fourth-order valence-electron chi connectivity index (χ4n) is 2.37. The third-order valence-electron chi connectivity index (χ3n) is 3.72. The van der Waals surface area contributed by atoms with Crippen LogP contribution >= 0.6 is 0 Å². The summed E-state index contributed by atoms with van der Waals surface area (Å²) in [6.45, 7) is 4.14. The molecule has 0 aliphatic rings. The van der Waals surface area contributed by atoms with Crippen molar-refractivity contribution in [2.45, 2.75) is 19.4 Å². The van der Waals surface area contributed by atoms with Crippen LogP contribution in [0.15, 0.2) is 91.0 Å². The second-order valence-corrected chi connectivity index (χ2v) is 8.98. The molecule has 0 unspecified atom stereocenters. The predicted molar refractivity (Wildman–Crippen MR) is 102 cm³/mol. The van der Waals surface area contributed by atoms with Crippen molar-refractivity contribution in [2.24, 2.45) is 0 Å². The Bertz CT molecular complexity index is 660. The maximum atomic E-state index is 6.37. The Balaban J connectivity index is 1.97. The van der Waals surface area contributed by atoms with Crippen LogP contribution in [0.2, 0.25) is 5.54 Å². The fourth-order valence-corrected chi connectivity index (χ4v) is 4.60. The highest BCUT2D eigenvalue weighted by Gasteiger charge is 2.53. The molecule has 0 aliphatic heterocycles. The summed E-state index contributed by atoms with van der Waals surface area (Å²) in [5, 5.41) is 0. The van der Waals surface area contributed by atoms with Crippen LogP contribution in [0, 0.1) is 0 Å². The summed E-state index contributed by atoms with van der Waals surface area (Å²) in [6, 6.07) is 29.1. The highest BCUT2D eigenvalue weighted by atomic mass is 28.4. The van der Waals surface area contributed by atoms with Crippen LogP contribution in [-0.4, -0.2) is 8.80 Å². The lowest BCUT2D eigenvalue weighted by Gasteiger charge is -2.33. The second-order valence-electron chi connectivity index (χ2n) is 6.00. The third kappa shape index (κ3) is 4.42. The molecular formula is C21H22O3Si. The van der Waals surface area contributed by atoms with Crippen LogP contribution in [0.3, 0.4) is 0 Å². The van der Waals surface area contributed by atoms with E-state index in [2.05, 4.69) is 13.8 Å². The Hall–Kier alpha value is -2.72. The summed E-state index contributed by atoms with van der Waals surface area (Å²) < 4.78 is 19.1. The van der Waals surface area contributed by atoms with Crippen LogP contribution < -0.4 is 13.3 Å². The van der Waals surface area contributed by atoms with Crippen LogP contribution in [0.5, 0.6) is 17.2 Å². The molecule has 0 radical (unpaired) electrons. The Morgan fingerprint density at radius 1 is 0.520 bits per heavy atom. The molecule has 0 aromatic heterocycles. The third-order valence-corrected chi connectivity index (χ3v) is 6.69. The fraction of sp³-hybridized carbons (Fsp3) is 0.143. The van der Waals surface area contributed by atoms with Crippen molar-refractivity contribution < 1.29 is 13.3 Å². The molecule has 0 atom stereocenters. The van der Waals surface area contributed by atoms with Gasteiger partial charge in [-0.15, -0.1) is 0 Å². The zero-order valence-corrected chi connectivity index (χ0v) is 15.5. The van der Waals surface area contributed by atoms with E-state index in [-0.39, 0.29) is 5.54 Å². The summed E-state index contributed by atoms with van der Waals surface area (Å²) in [7, 11) is -3.10.